The fourth-order valence-electron chi connectivity index (χ4n) is 2.43. The van der Waals surface area contributed by atoms with Crippen molar-refractivity contribution in [3.05, 3.63) is 65.4 Å². The van der Waals surface area contributed by atoms with Crippen LogP contribution in [0.2, 0.25) is 0 Å². The van der Waals surface area contributed by atoms with E-state index >= 15 is 0 Å². The summed E-state index contributed by atoms with van der Waals surface area (Å²) < 4.78 is 5.91. The van der Waals surface area contributed by atoms with E-state index in [0.29, 0.717) is 0 Å². The minimum atomic E-state index is 0.142. The van der Waals surface area contributed by atoms with Gasteiger partial charge in [-0.05, 0) is 50.1 Å². The Morgan fingerprint density at radius 3 is 2.60 bits per heavy atom. The van der Waals surface area contributed by atoms with Gasteiger partial charge >= 0.3 is 0 Å². The number of anilines is 1. The molecule has 2 aromatic carbocycles. The van der Waals surface area contributed by atoms with Crippen LogP contribution in [0.4, 0.5) is 5.69 Å². The maximum Gasteiger partial charge on any atom is 0.134 e. The summed E-state index contributed by atoms with van der Waals surface area (Å²) in [6.07, 6.45) is 0. The van der Waals surface area contributed by atoms with Gasteiger partial charge in [0.2, 0.25) is 0 Å². The van der Waals surface area contributed by atoms with Gasteiger partial charge in [0.25, 0.3) is 0 Å². The van der Waals surface area contributed by atoms with Gasteiger partial charge in [-0.3, -0.25) is 0 Å². The maximum atomic E-state index is 5.91. The molecule has 0 radical (unpaired) electrons. The molecule has 3 aromatic rings. The van der Waals surface area contributed by atoms with E-state index in [1.54, 1.807) is 0 Å². The van der Waals surface area contributed by atoms with Gasteiger partial charge in [0.05, 0.1) is 6.04 Å². The molecule has 0 saturated heterocycles. The number of hydrogen-bond donors (Lipinski definition) is 1. The van der Waals surface area contributed by atoms with Crippen LogP contribution in [-0.2, 0) is 0 Å². The van der Waals surface area contributed by atoms with Crippen molar-refractivity contribution in [1.82, 2.24) is 0 Å². The Labute approximate surface area is 119 Å². The monoisotopic (exact) mass is 265 g/mol. The van der Waals surface area contributed by atoms with Crippen molar-refractivity contribution in [1.29, 1.82) is 0 Å². The molecule has 1 aromatic heterocycles. The second kappa shape index (κ2) is 5.04. The number of benzene rings is 2. The fourth-order valence-corrected chi connectivity index (χ4v) is 2.43. The topological polar surface area (TPSA) is 25.2 Å². The van der Waals surface area contributed by atoms with Crippen LogP contribution in [0.3, 0.4) is 0 Å². The predicted molar refractivity (Wildman–Crippen MR) is 84.2 cm³/mol. The van der Waals surface area contributed by atoms with Crippen molar-refractivity contribution in [3.63, 3.8) is 0 Å². The predicted octanol–water partition coefficient (Wildman–Crippen LogP) is 5.22. The Balaban J connectivity index is 1.89. The van der Waals surface area contributed by atoms with Gasteiger partial charge in [0.1, 0.15) is 11.3 Å². The largest absolute Gasteiger partial charge is 0.459 e. The van der Waals surface area contributed by atoms with Crippen LogP contribution >= 0.6 is 0 Å². The van der Waals surface area contributed by atoms with E-state index in [1.807, 2.05) is 18.2 Å². The third kappa shape index (κ3) is 2.29. The number of aryl methyl sites for hydroxylation is 1. The molecule has 1 heterocycles. The molecule has 0 aliphatic carbocycles. The second-order valence-corrected chi connectivity index (χ2v) is 5.30. The molecule has 1 unspecified atom stereocenters. The third-order valence-electron chi connectivity index (χ3n) is 3.85. The number of nitrogens with one attached hydrogen (secondary N) is 1. The molecular formula is C18H19NO. The molecule has 0 aliphatic heterocycles. The smallest absolute Gasteiger partial charge is 0.134 e. The van der Waals surface area contributed by atoms with E-state index in [-0.39, 0.29) is 6.04 Å². The van der Waals surface area contributed by atoms with Crippen molar-refractivity contribution < 1.29 is 4.42 Å². The van der Waals surface area contributed by atoms with Crippen molar-refractivity contribution in [2.75, 3.05) is 5.32 Å². The highest BCUT2D eigenvalue weighted by atomic mass is 16.3. The number of furan rings is 1. The normalized spacial score (nSPS) is 12.6. The standard InChI is InChI=1S/C18H19NO/c1-12-7-6-9-16(13(12)2)19-14(3)18-11-15-8-4-5-10-17(15)20-18/h4-11,14,19H,1-3H3. The summed E-state index contributed by atoms with van der Waals surface area (Å²) in [6, 6.07) is 16.7. The lowest BCUT2D eigenvalue weighted by molar-refractivity contribution is 0.526. The quantitative estimate of drug-likeness (QED) is 0.702. The van der Waals surface area contributed by atoms with Crippen molar-refractivity contribution in [2.45, 2.75) is 26.8 Å². The van der Waals surface area contributed by atoms with E-state index in [1.165, 1.54) is 11.1 Å². The average molecular weight is 265 g/mol. The molecule has 0 fully saturated rings. The van der Waals surface area contributed by atoms with Gasteiger partial charge in [-0.25, -0.2) is 0 Å². The summed E-state index contributed by atoms with van der Waals surface area (Å²) in [6.45, 7) is 6.40. The lowest BCUT2D eigenvalue weighted by Crippen LogP contribution is -2.07. The molecular weight excluding hydrogens is 246 g/mol. The highest BCUT2D eigenvalue weighted by molar-refractivity contribution is 5.78. The Bertz CT molecular complexity index is 709. The molecule has 102 valence electrons. The molecule has 0 amide bonds. The van der Waals surface area contributed by atoms with Crippen LogP contribution < -0.4 is 5.32 Å². The lowest BCUT2D eigenvalue weighted by atomic mass is 10.1. The first-order valence-corrected chi connectivity index (χ1v) is 6.96. The molecule has 0 aliphatic rings. The summed E-state index contributed by atoms with van der Waals surface area (Å²) in [4.78, 5) is 0. The first kappa shape index (κ1) is 12.8. The Morgan fingerprint density at radius 1 is 1.00 bits per heavy atom. The highest BCUT2D eigenvalue weighted by Gasteiger charge is 2.12. The zero-order valence-corrected chi connectivity index (χ0v) is 12.1. The number of para-hydroxylation sites is 1. The van der Waals surface area contributed by atoms with E-state index in [9.17, 15) is 0 Å². The Kier molecular flexibility index (Phi) is 3.23. The van der Waals surface area contributed by atoms with Gasteiger partial charge in [-0.15, -0.1) is 0 Å². The minimum Gasteiger partial charge on any atom is -0.459 e. The van der Waals surface area contributed by atoms with Crippen LogP contribution in [-0.4, -0.2) is 0 Å². The van der Waals surface area contributed by atoms with E-state index < -0.39 is 0 Å². The average Bonchev–Trinajstić information content (AvgIpc) is 2.88. The van der Waals surface area contributed by atoms with Crippen molar-refractivity contribution in [3.8, 4) is 0 Å². The number of hydrogen-bond acceptors (Lipinski definition) is 2. The molecule has 0 saturated carbocycles. The second-order valence-electron chi connectivity index (χ2n) is 5.30. The highest BCUT2D eigenvalue weighted by Crippen LogP contribution is 2.28. The van der Waals surface area contributed by atoms with Gasteiger partial charge in [0.15, 0.2) is 0 Å². The van der Waals surface area contributed by atoms with E-state index in [0.717, 1.165) is 22.4 Å². The molecule has 1 atom stereocenters. The van der Waals surface area contributed by atoms with Crippen molar-refractivity contribution in [2.24, 2.45) is 0 Å². The zero-order chi connectivity index (χ0) is 14.1. The summed E-state index contributed by atoms with van der Waals surface area (Å²) in [5.74, 6) is 0.965. The fraction of sp³-hybridized carbons (Fsp3) is 0.222. The summed E-state index contributed by atoms with van der Waals surface area (Å²) >= 11 is 0. The molecule has 2 heteroatoms. The van der Waals surface area contributed by atoms with Gasteiger partial charge in [0, 0.05) is 11.1 Å². The van der Waals surface area contributed by atoms with Gasteiger partial charge in [-0.2, -0.15) is 0 Å². The lowest BCUT2D eigenvalue weighted by Gasteiger charge is -2.16. The van der Waals surface area contributed by atoms with E-state index in [2.05, 4.69) is 56.4 Å². The number of rotatable bonds is 3. The Morgan fingerprint density at radius 2 is 1.80 bits per heavy atom. The van der Waals surface area contributed by atoms with Crippen LogP contribution in [0.1, 0.15) is 29.9 Å². The summed E-state index contributed by atoms with van der Waals surface area (Å²) in [5, 5.41) is 4.68. The Hall–Kier alpha value is -2.22. The number of fused-ring (bicyclic) bond motifs is 1. The van der Waals surface area contributed by atoms with Crippen molar-refractivity contribution >= 4 is 16.7 Å². The van der Waals surface area contributed by atoms with Gasteiger partial charge in [-0.1, -0.05) is 30.3 Å². The molecule has 2 nitrogen and oxygen atoms in total. The summed E-state index contributed by atoms with van der Waals surface area (Å²) in [7, 11) is 0. The molecule has 1 N–H and O–H groups in total. The molecule has 20 heavy (non-hydrogen) atoms. The molecule has 3 rings (SSSR count). The van der Waals surface area contributed by atoms with Crippen LogP contribution in [0.15, 0.2) is 52.9 Å². The zero-order valence-electron chi connectivity index (χ0n) is 12.1. The van der Waals surface area contributed by atoms with Crippen LogP contribution in [0.25, 0.3) is 11.0 Å². The molecule has 0 bridgehead atoms. The first-order chi connectivity index (χ1) is 9.65. The minimum absolute atomic E-state index is 0.142. The van der Waals surface area contributed by atoms with E-state index in [4.69, 9.17) is 4.42 Å². The molecule has 0 spiro atoms. The maximum absolute atomic E-state index is 5.91. The van der Waals surface area contributed by atoms with Crippen LogP contribution in [0, 0.1) is 13.8 Å². The summed E-state index contributed by atoms with van der Waals surface area (Å²) in [5.41, 5.74) is 4.69. The van der Waals surface area contributed by atoms with Gasteiger partial charge < -0.3 is 9.73 Å². The SMILES string of the molecule is Cc1cccc(NC(C)c2cc3ccccc3o2)c1C. The first-order valence-electron chi connectivity index (χ1n) is 6.96. The van der Waals surface area contributed by atoms with Crippen LogP contribution in [0.5, 0.6) is 0 Å². The third-order valence-corrected chi connectivity index (χ3v) is 3.85.